The van der Waals surface area contributed by atoms with Crippen molar-refractivity contribution in [2.45, 2.75) is 19.3 Å². The zero-order valence-corrected chi connectivity index (χ0v) is 18.6. The van der Waals surface area contributed by atoms with E-state index in [1.54, 1.807) is 0 Å². The van der Waals surface area contributed by atoms with Crippen LogP contribution < -0.4 is 10.1 Å². The molecule has 1 heterocycles. The third kappa shape index (κ3) is 7.08. The summed E-state index contributed by atoms with van der Waals surface area (Å²) in [5.74, 6) is 2.94. The maximum atomic E-state index is 12.3. The number of anilines is 1. The van der Waals surface area contributed by atoms with Crippen molar-refractivity contribution in [2.24, 2.45) is 0 Å². The number of rotatable bonds is 8. The maximum Gasteiger partial charge on any atom is 0.227 e. The van der Waals surface area contributed by atoms with Gasteiger partial charge in [-0.15, -0.1) is 0 Å². The normalized spacial score (nSPS) is 13.8. The Morgan fingerprint density at radius 1 is 1.07 bits per heavy atom. The molecule has 154 valence electrons. The first kappa shape index (κ1) is 21.7. The molecule has 0 bridgehead atoms. The molecule has 1 aliphatic rings. The van der Waals surface area contributed by atoms with Crippen LogP contribution >= 0.6 is 27.7 Å². The highest BCUT2D eigenvalue weighted by Crippen LogP contribution is 2.24. The lowest BCUT2D eigenvalue weighted by molar-refractivity contribution is -0.130. The van der Waals surface area contributed by atoms with E-state index in [0.717, 1.165) is 46.1 Å². The Morgan fingerprint density at radius 3 is 2.52 bits per heavy atom. The number of hydrogen-bond acceptors (Lipinski definition) is 4. The van der Waals surface area contributed by atoms with Crippen LogP contribution in [0.3, 0.4) is 0 Å². The van der Waals surface area contributed by atoms with Gasteiger partial charge in [0.2, 0.25) is 11.8 Å². The third-order valence-corrected chi connectivity index (χ3v) is 6.20. The Balaban J connectivity index is 1.38. The summed E-state index contributed by atoms with van der Waals surface area (Å²) in [5.41, 5.74) is 1.71. The van der Waals surface area contributed by atoms with Crippen LogP contribution in [-0.4, -0.2) is 47.9 Å². The van der Waals surface area contributed by atoms with E-state index < -0.39 is 0 Å². The van der Waals surface area contributed by atoms with Crippen LogP contribution in [0.5, 0.6) is 5.75 Å². The zero-order valence-electron chi connectivity index (χ0n) is 16.2. The molecule has 0 atom stereocenters. The van der Waals surface area contributed by atoms with Crippen LogP contribution in [-0.2, 0) is 16.0 Å². The summed E-state index contributed by atoms with van der Waals surface area (Å²) in [6.45, 7) is 2.15. The highest BCUT2D eigenvalue weighted by atomic mass is 79.9. The summed E-state index contributed by atoms with van der Waals surface area (Å²) in [7, 11) is 0. The second-order valence-corrected chi connectivity index (χ2v) is 8.88. The van der Waals surface area contributed by atoms with Crippen LogP contribution in [0.4, 0.5) is 5.69 Å². The molecule has 2 aromatic rings. The summed E-state index contributed by atoms with van der Waals surface area (Å²) in [5, 5.41) is 2.89. The monoisotopic (exact) mass is 476 g/mol. The Morgan fingerprint density at radius 2 is 1.79 bits per heavy atom. The number of amides is 2. The lowest BCUT2D eigenvalue weighted by atomic mass is 10.1. The summed E-state index contributed by atoms with van der Waals surface area (Å²) in [4.78, 5) is 26.4. The molecule has 29 heavy (non-hydrogen) atoms. The number of nitrogens with one attached hydrogen (secondary N) is 1. The van der Waals surface area contributed by atoms with Crippen molar-refractivity contribution >= 4 is 45.2 Å². The van der Waals surface area contributed by atoms with Gasteiger partial charge in [-0.2, -0.15) is 11.8 Å². The van der Waals surface area contributed by atoms with Crippen LogP contribution in [0.1, 0.15) is 18.4 Å². The fourth-order valence-electron chi connectivity index (χ4n) is 3.01. The molecule has 1 aliphatic heterocycles. The molecule has 2 aromatic carbocycles. The molecule has 0 aliphatic carbocycles. The van der Waals surface area contributed by atoms with E-state index in [4.69, 9.17) is 4.74 Å². The van der Waals surface area contributed by atoms with Crippen molar-refractivity contribution in [1.82, 2.24) is 4.90 Å². The first-order valence-corrected chi connectivity index (χ1v) is 11.7. The van der Waals surface area contributed by atoms with Gasteiger partial charge in [0.15, 0.2) is 0 Å². The van der Waals surface area contributed by atoms with Crippen LogP contribution in [0.15, 0.2) is 53.0 Å². The third-order valence-electron chi connectivity index (χ3n) is 4.60. The molecule has 1 saturated heterocycles. The van der Waals surface area contributed by atoms with E-state index in [0.29, 0.717) is 25.9 Å². The molecular formula is C22H25BrN2O3S. The fourth-order valence-corrected chi connectivity index (χ4v) is 4.31. The van der Waals surface area contributed by atoms with E-state index in [2.05, 4.69) is 21.2 Å². The Hall–Kier alpha value is -1.99. The predicted octanol–water partition coefficient (Wildman–Crippen LogP) is 4.36. The van der Waals surface area contributed by atoms with Crippen molar-refractivity contribution in [3.63, 3.8) is 0 Å². The van der Waals surface area contributed by atoms with E-state index >= 15 is 0 Å². The molecule has 2 amide bonds. The lowest BCUT2D eigenvalue weighted by Gasteiger charge is -2.26. The van der Waals surface area contributed by atoms with Gasteiger partial charge >= 0.3 is 0 Å². The number of hydrogen-bond donors (Lipinski definition) is 1. The molecule has 0 unspecified atom stereocenters. The number of thioether (sulfide) groups is 1. The van der Waals surface area contributed by atoms with Crippen molar-refractivity contribution in [3.8, 4) is 5.75 Å². The molecule has 7 heteroatoms. The van der Waals surface area contributed by atoms with E-state index in [1.165, 1.54) is 0 Å². The van der Waals surface area contributed by atoms with Gasteiger partial charge in [-0.1, -0.05) is 24.3 Å². The zero-order chi connectivity index (χ0) is 20.5. The van der Waals surface area contributed by atoms with Gasteiger partial charge in [-0.05, 0) is 52.2 Å². The number of carbonyl (C=O) groups is 2. The van der Waals surface area contributed by atoms with Gasteiger partial charge in [0, 0.05) is 36.7 Å². The molecule has 0 radical (unpaired) electrons. The fraction of sp³-hybridized carbons (Fsp3) is 0.364. The second kappa shape index (κ2) is 11.3. The Bertz CT molecular complexity index is 823. The van der Waals surface area contributed by atoms with Crippen molar-refractivity contribution < 1.29 is 14.3 Å². The predicted molar refractivity (Wildman–Crippen MR) is 122 cm³/mol. The topological polar surface area (TPSA) is 58.6 Å². The quantitative estimate of drug-likeness (QED) is 0.574. The average molecular weight is 477 g/mol. The minimum Gasteiger partial charge on any atom is -0.492 e. The molecule has 5 nitrogen and oxygen atoms in total. The van der Waals surface area contributed by atoms with Crippen molar-refractivity contribution in [2.75, 3.05) is 36.5 Å². The van der Waals surface area contributed by atoms with Crippen LogP contribution in [0, 0.1) is 0 Å². The largest absolute Gasteiger partial charge is 0.492 e. The minimum absolute atomic E-state index is 0.0460. The Labute approximate surface area is 184 Å². The highest BCUT2D eigenvalue weighted by molar-refractivity contribution is 9.10. The van der Waals surface area contributed by atoms with Gasteiger partial charge in [0.25, 0.3) is 0 Å². The van der Waals surface area contributed by atoms with E-state index in [1.807, 2.05) is 65.2 Å². The first-order chi connectivity index (χ1) is 14.1. The van der Waals surface area contributed by atoms with Crippen molar-refractivity contribution in [3.05, 3.63) is 58.6 Å². The summed E-state index contributed by atoms with van der Waals surface area (Å²) < 4.78 is 6.58. The Kier molecular flexibility index (Phi) is 8.43. The number of halogens is 1. The standard InChI is InChI=1S/C22H25BrN2O3S/c23-19-4-1-2-5-20(19)28-13-3-6-21(26)24-18-9-7-17(8-10-18)16-22(27)25-11-14-29-15-12-25/h1-2,4-5,7-10H,3,6,11-16H2,(H,24,26). The number of benzene rings is 2. The SMILES string of the molecule is O=C(CCCOc1ccccc1Br)Nc1ccc(CC(=O)N2CCSCC2)cc1. The van der Waals surface area contributed by atoms with Crippen LogP contribution in [0.2, 0.25) is 0 Å². The number of ether oxygens (including phenoxy) is 1. The molecule has 3 rings (SSSR count). The van der Waals surface area contributed by atoms with Gasteiger partial charge in [-0.25, -0.2) is 0 Å². The van der Waals surface area contributed by atoms with E-state index in [9.17, 15) is 9.59 Å². The summed E-state index contributed by atoms with van der Waals surface area (Å²) >= 11 is 5.33. The smallest absolute Gasteiger partial charge is 0.227 e. The molecule has 0 aromatic heterocycles. The first-order valence-electron chi connectivity index (χ1n) is 9.73. The van der Waals surface area contributed by atoms with Crippen molar-refractivity contribution in [1.29, 1.82) is 0 Å². The van der Waals surface area contributed by atoms with Crippen LogP contribution in [0.25, 0.3) is 0 Å². The van der Waals surface area contributed by atoms with Gasteiger partial charge in [-0.3, -0.25) is 9.59 Å². The van der Waals surface area contributed by atoms with E-state index in [-0.39, 0.29) is 11.8 Å². The summed E-state index contributed by atoms with van der Waals surface area (Å²) in [6, 6.07) is 15.2. The average Bonchev–Trinajstić information content (AvgIpc) is 2.74. The lowest BCUT2D eigenvalue weighted by Crippen LogP contribution is -2.38. The molecule has 0 saturated carbocycles. The highest BCUT2D eigenvalue weighted by Gasteiger charge is 2.16. The van der Waals surface area contributed by atoms with Gasteiger partial charge in [0.05, 0.1) is 17.5 Å². The number of para-hydroxylation sites is 1. The molecule has 1 N–H and O–H groups in total. The maximum absolute atomic E-state index is 12.3. The summed E-state index contributed by atoms with van der Waals surface area (Å²) in [6.07, 6.45) is 1.43. The van der Waals surface area contributed by atoms with Gasteiger partial charge in [0.1, 0.15) is 5.75 Å². The van der Waals surface area contributed by atoms with Gasteiger partial charge < -0.3 is 15.0 Å². The number of nitrogens with zero attached hydrogens (tertiary/aromatic N) is 1. The molecular weight excluding hydrogens is 452 g/mol. The minimum atomic E-state index is -0.0460. The second-order valence-electron chi connectivity index (χ2n) is 6.80. The molecule has 1 fully saturated rings. The molecule has 0 spiro atoms. The number of carbonyl (C=O) groups excluding carboxylic acids is 2.